The number of aliphatic carboxylic acids is 1. The fourth-order valence-electron chi connectivity index (χ4n) is 1.47. The number of carbonyl (C=O) groups is 2. The van der Waals surface area contributed by atoms with E-state index in [0.29, 0.717) is 12.3 Å². The minimum Gasteiger partial charge on any atom is -0.480 e. The highest BCUT2D eigenvalue weighted by molar-refractivity contribution is 7.99. The molecule has 90 valence electrons. The standard InChI is InChI=1S/C11H17NO3S/c1-3-8(2)6-10(13)12-4-5-16-7-9(12)11(14)15/h6,9H,3-5,7H2,1-2H3,(H,14,15)/b8-6+. The number of amides is 1. The number of thioether (sulfide) groups is 1. The Kier molecular flexibility index (Phi) is 4.86. The smallest absolute Gasteiger partial charge is 0.327 e. The van der Waals surface area contributed by atoms with Crippen LogP contribution in [0.2, 0.25) is 0 Å². The Bertz CT molecular complexity index is 314. The van der Waals surface area contributed by atoms with Crippen LogP contribution in [0.4, 0.5) is 0 Å². The van der Waals surface area contributed by atoms with E-state index in [0.717, 1.165) is 17.7 Å². The zero-order valence-electron chi connectivity index (χ0n) is 9.60. The summed E-state index contributed by atoms with van der Waals surface area (Å²) in [6.07, 6.45) is 2.36. The highest BCUT2D eigenvalue weighted by Gasteiger charge is 2.31. The molecule has 0 aromatic carbocycles. The van der Waals surface area contributed by atoms with E-state index in [2.05, 4.69) is 0 Å². The molecule has 1 saturated heterocycles. The van der Waals surface area contributed by atoms with E-state index in [1.165, 1.54) is 4.90 Å². The second-order valence-electron chi connectivity index (χ2n) is 3.80. The molecule has 1 atom stereocenters. The van der Waals surface area contributed by atoms with Crippen molar-refractivity contribution in [2.75, 3.05) is 18.1 Å². The maximum absolute atomic E-state index is 11.9. The Balaban J connectivity index is 2.75. The Morgan fingerprint density at radius 3 is 2.81 bits per heavy atom. The molecular weight excluding hydrogens is 226 g/mol. The summed E-state index contributed by atoms with van der Waals surface area (Å²) in [6.45, 7) is 4.38. The van der Waals surface area contributed by atoms with Gasteiger partial charge in [-0.05, 0) is 13.3 Å². The van der Waals surface area contributed by atoms with Gasteiger partial charge in [0.2, 0.25) is 5.91 Å². The van der Waals surface area contributed by atoms with E-state index < -0.39 is 12.0 Å². The Labute approximate surface area is 99.7 Å². The number of carbonyl (C=O) groups excluding carboxylic acids is 1. The van der Waals surface area contributed by atoms with E-state index in [1.54, 1.807) is 17.8 Å². The average Bonchev–Trinajstić information content (AvgIpc) is 2.28. The summed E-state index contributed by atoms with van der Waals surface area (Å²) < 4.78 is 0. The predicted molar refractivity (Wildman–Crippen MR) is 64.5 cm³/mol. The predicted octanol–water partition coefficient (Wildman–Crippen LogP) is 1.37. The number of carboxylic acid groups (broad SMARTS) is 1. The van der Waals surface area contributed by atoms with Gasteiger partial charge in [-0.1, -0.05) is 12.5 Å². The average molecular weight is 243 g/mol. The monoisotopic (exact) mass is 243 g/mol. The number of carboxylic acids is 1. The maximum Gasteiger partial charge on any atom is 0.327 e. The van der Waals surface area contributed by atoms with Crippen molar-refractivity contribution < 1.29 is 14.7 Å². The molecule has 1 unspecified atom stereocenters. The van der Waals surface area contributed by atoms with Crippen molar-refractivity contribution in [3.05, 3.63) is 11.6 Å². The second-order valence-corrected chi connectivity index (χ2v) is 4.95. The zero-order valence-corrected chi connectivity index (χ0v) is 10.4. The molecule has 1 fully saturated rings. The molecule has 1 N–H and O–H groups in total. The number of nitrogens with zero attached hydrogens (tertiary/aromatic N) is 1. The summed E-state index contributed by atoms with van der Waals surface area (Å²) in [5.41, 5.74) is 0.979. The van der Waals surface area contributed by atoms with E-state index in [1.807, 2.05) is 13.8 Å². The fraction of sp³-hybridized carbons (Fsp3) is 0.636. The van der Waals surface area contributed by atoms with Crippen LogP contribution in [0.15, 0.2) is 11.6 Å². The molecule has 0 saturated carbocycles. The highest BCUT2D eigenvalue weighted by atomic mass is 32.2. The van der Waals surface area contributed by atoms with Crippen LogP contribution in [0.25, 0.3) is 0 Å². The molecule has 1 aliphatic heterocycles. The van der Waals surface area contributed by atoms with Gasteiger partial charge in [0.1, 0.15) is 6.04 Å². The molecule has 0 spiro atoms. The van der Waals surface area contributed by atoms with Crippen molar-refractivity contribution >= 4 is 23.6 Å². The number of rotatable bonds is 3. The van der Waals surface area contributed by atoms with Gasteiger partial charge in [0.05, 0.1) is 0 Å². The molecule has 0 aromatic heterocycles. The van der Waals surface area contributed by atoms with Crippen molar-refractivity contribution in [3.63, 3.8) is 0 Å². The van der Waals surface area contributed by atoms with Crippen molar-refractivity contribution in [3.8, 4) is 0 Å². The van der Waals surface area contributed by atoms with E-state index in [9.17, 15) is 9.59 Å². The summed E-state index contributed by atoms with van der Waals surface area (Å²) in [5, 5.41) is 9.02. The normalized spacial score (nSPS) is 22.0. The summed E-state index contributed by atoms with van der Waals surface area (Å²) in [6, 6.07) is -0.674. The first-order chi connectivity index (χ1) is 7.56. The van der Waals surface area contributed by atoms with Crippen molar-refractivity contribution in [1.29, 1.82) is 0 Å². The largest absolute Gasteiger partial charge is 0.480 e. The molecule has 1 rings (SSSR count). The SMILES string of the molecule is CC/C(C)=C/C(=O)N1CCSCC1C(=O)O. The third-order valence-electron chi connectivity index (χ3n) is 2.62. The van der Waals surface area contributed by atoms with Crippen LogP contribution in [0.3, 0.4) is 0 Å². The summed E-state index contributed by atoms with van der Waals surface area (Å²) in [7, 11) is 0. The number of hydrogen-bond acceptors (Lipinski definition) is 3. The van der Waals surface area contributed by atoms with Gasteiger partial charge in [-0.2, -0.15) is 11.8 Å². The van der Waals surface area contributed by atoms with Gasteiger partial charge in [-0.15, -0.1) is 0 Å². The van der Waals surface area contributed by atoms with Gasteiger partial charge >= 0.3 is 5.97 Å². The first kappa shape index (κ1) is 13.1. The number of allylic oxidation sites excluding steroid dienone is 1. The van der Waals surface area contributed by atoms with E-state index in [-0.39, 0.29) is 5.91 Å². The minimum atomic E-state index is -0.914. The van der Waals surface area contributed by atoms with Crippen molar-refractivity contribution in [2.24, 2.45) is 0 Å². The lowest BCUT2D eigenvalue weighted by Gasteiger charge is -2.31. The number of hydrogen-bond donors (Lipinski definition) is 1. The topological polar surface area (TPSA) is 57.6 Å². The van der Waals surface area contributed by atoms with Crippen LogP contribution < -0.4 is 0 Å². The second kappa shape index (κ2) is 5.94. The lowest BCUT2D eigenvalue weighted by Crippen LogP contribution is -2.49. The van der Waals surface area contributed by atoms with Crippen LogP contribution in [0, 0.1) is 0 Å². The van der Waals surface area contributed by atoms with Crippen LogP contribution >= 0.6 is 11.8 Å². The molecule has 16 heavy (non-hydrogen) atoms. The molecule has 1 amide bonds. The van der Waals surface area contributed by atoms with Crippen LogP contribution in [0.1, 0.15) is 20.3 Å². The van der Waals surface area contributed by atoms with E-state index in [4.69, 9.17) is 5.11 Å². The summed E-state index contributed by atoms with van der Waals surface area (Å²) in [4.78, 5) is 24.3. The molecule has 0 aromatic rings. The molecule has 0 bridgehead atoms. The lowest BCUT2D eigenvalue weighted by atomic mass is 10.2. The first-order valence-electron chi connectivity index (χ1n) is 5.34. The third-order valence-corrected chi connectivity index (χ3v) is 3.65. The lowest BCUT2D eigenvalue weighted by molar-refractivity contribution is -0.147. The molecule has 1 aliphatic rings. The van der Waals surface area contributed by atoms with Gasteiger partial charge < -0.3 is 10.0 Å². The highest BCUT2D eigenvalue weighted by Crippen LogP contribution is 2.17. The molecular formula is C11H17NO3S. The van der Waals surface area contributed by atoms with Gasteiger partial charge in [-0.25, -0.2) is 4.79 Å². The summed E-state index contributed by atoms with van der Waals surface area (Å²) in [5.74, 6) is 0.212. The molecule has 4 nitrogen and oxygen atoms in total. The minimum absolute atomic E-state index is 0.174. The molecule has 5 heteroatoms. The van der Waals surface area contributed by atoms with Crippen LogP contribution in [-0.4, -0.2) is 46.0 Å². The van der Waals surface area contributed by atoms with Crippen molar-refractivity contribution in [2.45, 2.75) is 26.3 Å². The molecule has 0 aliphatic carbocycles. The quantitative estimate of drug-likeness (QED) is 0.761. The van der Waals surface area contributed by atoms with Gasteiger partial charge in [0, 0.05) is 24.1 Å². The first-order valence-corrected chi connectivity index (χ1v) is 6.50. The maximum atomic E-state index is 11.9. The van der Waals surface area contributed by atoms with E-state index >= 15 is 0 Å². The van der Waals surface area contributed by atoms with Crippen LogP contribution in [-0.2, 0) is 9.59 Å². The fourth-order valence-corrected chi connectivity index (χ4v) is 2.51. The Morgan fingerprint density at radius 1 is 1.56 bits per heavy atom. The zero-order chi connectivity index (χ0) is 12.1. The Hall–Kier alpha value is -0.970. The Morgan fingerprint density at radius 2 is 2.25 bits per heavy atom. The third kappa shape index (κ3) is 3.27. The van der Waals surface area contributed by atoms with Gasteiger partial charge in [0.25, 0.3) is 0 Å². The molecule has 0 radical (unpaired) electrons. The van der Waals surface area contributed by atoms with Gasteiger partial charge in [0.15, 0.2) is 0 Å². The van der Waals surface area contributed by atoms with Gasteiger partial charge in [-0.3, -0.25) is 4.79 Å². The summed E-state index contributed by atoms with van der Waals surface area (Å²) >= 11 is 1.58. The molecule has 1 heterocycles. The van der Waals surface area contributed by atoms with Crippen molar-refractivity contribution in [1.82, 2.24) is 4.90 Å². The van der Waals surface area contributed by atoms with Crippen LogP contribution in [0.5, 0.6) is 0 Å².